The number of carbonyl (C=O) groups excluding carboxylic acids is 2. The van der Waals surface area contributed by atoms with Gasteiger partial charge in [0.15, 0.2) is 11.6 Å². The van der Waals surface area contributed by atoms with Crippen LogP contribution in [0.25, 0.3) is 0 Å². The highest BCUT2D eigenvalue weighted by Crippen LogP contribution is 2.15. The molecule has 0 radical (unpaired) electrons. The second-order valence-corrected chi connectivity index (χ2v) is 3.97. The van der Waals surface area contributed by atoms with Gasteiger partial charge in [0.05, 0.1) is 11.8 Å². The quantitative estimate of drug-likeness (QED) is 0.677. The van der Waals surface area contributed by atoms with Crippen LogP contribution in [0.3, 0.4) is 0 Å². The van der Waals surface area contributed by atoms with Gasteiger partial charge in [-0.15, -0.1) is 0 Å². The summed E-state index contributed by atoms with van der Waals surface area (Å²) in [5.41, 5.74) is 4.64. The van der Waals surface area contributed by atoms with Crippen molar-refractivity contribution in [3.63, 3.8) is 0 Å². The van der Waals surface area contributed by atoms with Crippen LogP contribution in [0.4, 0.5) is 0 Å². The standard InChI is InChI=1S/C10H14N2O2/c1-10(2,3)9(14)6-7(12)8(13)4-5-11/h6H,4,12H2,1-3H3. The van der Waals surface area contributed by atoms with Crippen molar-refractivity contribution >= 4 is 11.6 Å². The van der Waals surface area contributed by atoms with E-state index in [0.29, 0.717) is 0 Å². The van der Waals surface area contributed by atoms with Crippen LogP contribution >= 0.6 is 0 Å². The molecule has 0 saturated carbocycles. The Labute approximate surface area is 83.4 Å². The normalized spacial score (nSPS) is 12.0. The second kappa shape index (κ2) is 4.56. The molecular formula is C10H14N2O2. The Morgan fingerprint density at radius 1 is 1.43 bits per heavy atom. The van der Waals surface area contributed by atoms with Crippen LogP contribution in [0.5, 0.6) is 0 Å². The summed E-state index contributed by atoms with van der Waals surface area (Å²) in [5, 5.41) is 8.24. The van der Waals surface area contributed by atoms with E-state index >= 15 is 0 Å². The number of hydrogen-bond acceptors (Lipinski definition) is 4. The average molecular weight is 194 g/mol. The Balaban J connectivity index is 4.63. The van der Waals surface area contributed by atoms with Gasteiger partial charge in [0.2, 0.25) is 0 Å². The summed E-state index contributed by atoms with van der Waals surface area (Å²) in [7, 11) is 0. The first-order valence-electron chi connectivity index (χ1n) is 4.20. The van der Waals surface area contributed by atoms with Crippen LogP contribution in [0.2, 0.25) is 0 Å². The number of Topliss-reactive ketones (excluding diaryl/α,β-unsaturated/α-hetero) is 1. The molecule has 0 spiro atoms. The van der Waals surface area contributed by atoms with Crippen molar-refractivity contribution in [2.45, 2.75) is 27.2 Å². The lowest BCUT2D eigenvalue weighted by Gasteiger charge is -2.13. The predicted octanol–water partition coefficient (Wildman–Crippen LogP) is 0.927. The summed E-state index contributed by atoms with van der Waals surface area (Å²) in [6.07, 6.45) is 0.805. The zero-order chi connectivity index (χ0) is 11.4. The number of allylic oxidation sites excluding steroid dienone is 2. The fourth-order valence-electron chi connectivity index (χ4n) is 0.612. The summed E-state index contributed by atoms with van der Waals surface area (Å²) in [6, 6.07) is 1.68. The topological polar surface area (TPSA) is 84.0 Å². The lowest BCUT2D eigenvalue weighted by molar-refractivity contribution is -0.122. The third kappa shape index (κ3) is 3.85. The molecule has 0 fully saturated rings. The average Bonchev–Trinajstić information content (AvgIpc) is 2.02. The number of nitrogens with zero attached hydrogens (tertiary/aromatic N) is 1. The van der Waals surface area contributed by atoms with Crippen LogP contribution in [-0.2, 0) is 9.59 Å². The molecule has 0 aliphatic heterocycles. The maximum atomic E-state index is 11.4. The molecule has 0 amide bonds. The zero-order valence-electron chi connectivity index (χ0n) is 8.63. The highest BCUT2D eigenvalue weighted by molar-refractivity contribution is 6.04. The molecule has 0 aromatic rings. The van der Waals surface area contributed by atoms with E-state index in [1.165, 1.54) is 0 Å². The zero-order valence-corrected chi connectivity index (χ0v) is 8.63. The minimum atomic E-state index is -0.558. The van der Waals surface area contributed by atoms with Crippen molar-refractivity contribution in [2.75, 3.05) is 0 Å². The van der Waals surface area contributed by atoms with Gasteiger partial charge >= 0.3 is 0 Å². The van der Waals surface area contributed by atoms with Crippen LogP contribution in [0, 0.1) is 16.7 Å². The van der Waals surface area contributed by atoms with Crippen LogP contribution in [0.15, 0.2) is 11.8 Å². The summed E-state index contributed by atoms with van der Waals surface area (Å²) < 4.78 is 0. The van der Waals surface area contributed by atoms with Crippen LogP contribution in [-0.4, -0.2) is 11.6 Å². The lowest BCUT2D eigenvalue weighted by atomic mass is 9.90. The van der Waals surface area contributed by atoms with E-state index in [1.54, 1.807) is 26.8 Å². The van der Waals surface area contributed by atoms with Crippen molar-refractivity contribution in [1.82, 2.24) is 0 Å². The molecule has 0 rings (SSSR count). The molecule has 76 valence electrons. The molecule has 0 saturated heterocycles. The first kappa shape index (κ1) is 12.4. The first-order chi connectivity index (χ1) is 6.29. The van der Waals surface area contributed by atoms with E-state index < -0.39 is 11.2 Å². The third-order valence-electron chi connectivity index (χ3n) is 1.59. The van der Waals surface area contributed by atoms with Crippen molar-refractivity contribution in [3.8, 4) is 6.07 Å². The molecule has 0 heterocycles. The van der Waals surface area contributed by atoms with Gasteiger partial charge in [-0.1, -0.05) is 20.8 Å². The van der Waals surface area contributed by atoms with Crippen molar-refractivity contribution in [1.29, 1.82) is 5.26 Å². The minimum absolute atomic E-state index is 0.147. The third-order valence-corrected chi connectivity index (χ3v) is 1.59. The van der Waals surface area contributed by atoms with Gasteiger partial charge in [-0.2, -0.15) is 5.26 Å². The molecule has 0 bridgehead atoms. The van der Waals surface area contributed by atoms with E-state index in [0.717, 1.165) is 6.08 Å². The fourth-order valence-corrected chi connectivity index (χ4v) is 0.612. The van der Waals surface area contributed by atoms with Gasteiger partial charge < -0.3 is 5.73 Å². The number of hydrogen-bond donors (Lipinski definition) is 1. The molecule has 0 aromatic carbocycles. The predicted molar refractivity (Wildman–Crippen MR) is 52.0 cm³/mol. The molecule has 0 aromatic heterocycles. The fraction of sp³-hybridized carbons (Fsp3) is 0.500. The van der Waals surface area contributed by atoms with E-state index in [-0.39, 0.29) is 17.9 Å². The highest BCUT2D eigenvalue weighted by atomic mass is 16.1. The van der Waals surface area contributed by atoms with Gasteiger partial charge in [0, 0.05) is 11.5 Å². The number of nitriles is 1. The summed E-state index contributed by atoms with van der Waals surface area (Å²) in [6.45, 7) is 5.19. The highest BCUT2D eigenvalue weighted by Gasteiger charge is 2.20. The van der Waals surface area contributed by atoms with Crippen molar-refractivity contribution in [2.24, 2.45) is 11.1 Å². The number of carbonyl (C=O) groups is 2. The maximum absolute atomic E-state index is 11.4. The van der Waals surface area contributed by atoms with E-state index in [4.69, 9.17) is 11.0 Å². The lowest BCUT2D eigenvalue weighted by Crippen LogP contribution is -2.21. The largest absolute Gasteiger partial charge is 0.396 e. The van der Waals surface area contributed by atoms with E-state index in [1.807, 2.05) is 0 Å². The van der Waals surface area contributed by atoms with Crippen molar-refractivity contribution < 1.29 is 9.59 Å². The molecule has 4 nitrogen and oxygen atoms in total. The monoisotopic (exact) mass is 194 g/mol. The van der Waals surface area contributed by atoms with Gasteiger partial charge in [0.25, 0.3) is 0 Å². The summed E-state index contributed by atoms with van der Waals surface area (Å²) in [4.78, 5) is 22.4. The molecule has 0 aliphatic carbocycles. The van der Waals surface area contributed by atoms with Crippen LogP contribution in [0.1, 0.15) is 27.2 Å². The van der Waals surface area contributed by atoms with Gasteiger partial charge in [-0.05, 0) is 0 Å². The second-order valence-electron chi connectivity index (χ2n) is 3.97. The molecule has 0 aliphatic rings. The minimum Gasteiger partial charge on any atom is -0.396 e. The molecule has 14 heavy (non-hydrogen) atoms. The Morgan fingerprint density at radius 3 is 2.29 bits per heavy atom. The maximum Gasteiger partial charge on any atom is 0.192 e. The number of ketones is 2. The van der Waals surface area contributed by atoms with Crippen molar-refractivity contribution in [3.05, 3.63) is 11.8 Å². The Bertz CT molecular complexity index is 316. The smallest absolute Gasteiger partial charge is 0.192 e. The Hall–Kier alpha value is -1.63. The van der Waals surface area contributed by atoms with Gasteiger partial charge in [-0.25, -0.2) is 0 Å². The molecular weight excluding hydrogens is 180 g/mol. The molecule has 0 atom stereocenters. The summed E-state index contributed by atoms with van der Waals surface area (Å²) in [5.74, 6) is -0.730. The summed E-state index contributed by atoms with van der Waals surface area (Å²) >= 11 is 0. The van der Waals surface area contributed by atoms with Gasteiger partial charge in [-0.3, -0.25) is 9.59 Å². The Kier molecular flexibility index (Phi) is 4.03. The van der Waals surface area contributed by atoms with E-state index in [9.17, 15) is 9.59 Å². The Morgan fingerprint density at radius 2 is 1.93 bits per heavy atom. The SMILES string of the molecule is CC(C)(C)C(=O)C=C(N)C(=O)CC#N. The molecule has 2 N–H and O–H groups in total. The molecule has 0 unspecified atom stereocenters. The number of nitrogens with two attached hydrogens (primary N) is 1. The first-order valence-corrected chi connectivity index (χ1v) is 4.20. The molecule has 4 heteroatoms. The van der Waals surface area contributed by atoms with Gasteiger partial charge in [0.1, 0.15) is 6.42 Å². The van der Waals surface area contributed by atoms with E-state index in [2.05, 4.69) is 0 Å². The number of rotatable bonds is 3. The van der Waals surface area contributed by atoms with Crippen LogP contribution < -0.4 is 5.73 Å².